The average Bonchev–Trinajstić information content (AvgIpc) is 3.10. The summed E-state index contributed by atoms with van der Waals surface area (Å²) in [6.07, 6.45) is 5.23. The van der Waals surface area contributed by atoms with Crippen molar-refractivity contribution in [2.24, 2.45) is 0 Å². The lowest BCUT2D eigenvalue weighted by Crippen LogP contribution is -2.15. The van der Waals surface area contributed by atoms with E-state index in [1.165, 1.54) is 37.8 Å². The molecule has 130 valence electrons. The van der Waals surface area contributed by atoms with Gasteiger partial charge >= 0.3 is 0 Å². The summed E-state index contributed by atoms with van der Waals surface area (Å²) in [5.74, 6) is -0.117. The lowest BCUT2D eigenvalue weighted by Gasteiger charge is -2.14. The number of nitrogens with one attached hydrogen (secondary N) is 1. The van der Waals surface area contributed by atoms with Crippen molar-refractivity contribution in [2.75, 3.05) is 5.32 Å². The van der Waals surface area contributed by atoms with Crippen molar-refractivity contribution >= 4 is 29.0 Å². The van der Waals surface area contributed by atoms with Gasteiger partial charge in [-0.05, 0) is 30.5 Å². The van der Waals surface area contributed by atoms with Crippen molar-refractivity contribution in [1.29, 1.82) is 0 Å². The van der Waals surface area contributed by atoms with Crippen molar-refractivity contribution in [3.8, 4) is 0 Å². The number of nitro benzene ring substituents is 1. The highest BCUT2D eigenvalue weighted by molar-refractivity contribution is 8.00. The van der Waals surface area contributed by atoms with Crippen molar-refractivity contribution in [2.45, 2.75) is 42.2 Å². The molecule has 3 rings (SSSR count). The Hall–Kier alpha value is -2.34. The molecule has 25 heavy (non-hydrogen) atoms. The molecular formula is C19H20N2O3S. The summed E-state index contributed by atoms with van der Waals surface area (Å²) in [5, 5.41) is 14.3. The van der Waals surface area contributed by atoms with Crippen molar-refractivity contribution < 1.29 is 9.72 Å². The lowest BCUT2D eigenvalue weighted by atomic mass is 10.1. The van der Waals surface area contributed by atoms with E-state index in [0.717, 1.165) is 16.1 Å². The quantitative estimate of drug-likeness (QED) is 0.595. The number of amides is 1. The summed E-state index contributed by atoms with van der Waals surface area (Å²) in [6.45, 7) is 0. The minimum Gasteiger partial charge on any atom is -0.325 e. The Balaban J connectivity index is 1.63. The summed E-state index contributed by atoms with van der Waals surface area (Å²) in [6, 6.07) is 14.0. The predicted octanol–water partition coefficient (Wildman–Crippen LogP) is 4.81. The molecule has 0 aromatic heterocycles. The molecule has 1 aliphatic rings. The van der Waals surface area contributed by atoms with Gasteiger partial charge in [0.25, 0.3) is 5.69 Å². The topological polar surface area (TPSA) is 72.2 Å². The zero-order valence-electron chi connectivity index (χ0n) is 13.8. The number of nitro groups is 1. The third-order valence-corrected chi connectivity index (χ3v) is 5.68. The monoisotopic (exact) mass is 356 g/mol. The Bertz CT molecular complexity index is 756. The molecule has 0 aliphatic heterocycles. The van der Waals surface area contributed by atoms with Gasteiger partial charge in [0, 0.05) is 22.3 Å². The Morgan fingerprint density at radius 3 is 2.48 bits per heavy atom. The van der Waals surface area contributed by atoms with E-state index in [0.29, 0.717) is 5.25 Å². The molecular weight excluding hydrogens is 336 g/mol. The van der Waals surface area contributed by atoms with Crippen LogP contribution in [0.1, 0.15) is 31.2 Å². The van der Waals surface area contributed by atoms with Gasteiger partial charge in [-0.3, -0.25) is 14.9 Å². The van der Waals surface area contributed by atoms with Crippen LogP contribution in [-0.2, 0) is 11.2 Å². The van der Waals surface area contributed by atoms with Crippen LogP contribution in [0.4, 0.5) is 11.4 Å². The van der Waals surface area contributed by atoms with Gasteiger partial charge < -0.3 is 5.32 Å². The fourth-order valence-corrected chi connectivity index (χ4v) is 4.31. The van der Waals surface area contributed by atoms with Crippen molar-refractivity contribution in [3.05, 3.63) is 64.2 Å². The summed E-state index contributed by atoms with van der Waals surface area (Å²) in [5.41, 5.74) is 1.62. The minimum atomic E-state index is -0.444. The van der Waals surface area contributed by atoms with Gasteiger partial charge in [-0.1, -0.05) is 37.1 Å². The molecule has 0 bridgehead atoms. The lowest BCUT2D eigenvalue weighted by molar-refractivity contribution is -0.384. The van der Waals surface area contributed by atoms with Gasteiger partial charge in [-0.15, -0.1) is 11.8 Å². The highest BCUT2D eigenvalue weighted by Crippen LogP contribution is 2.38. The number of benzene rings is 2. The number of carbonyl (C=O) groups is 1. The number of carbonyl (C=O) groups excluding carboxylic acids is 1. The van der Waals surface area contributed by atoms with Crippen molar-refractivity contribution in [1.82, 2.24) is 0 Å². The second-order valence-electron chi connectivity index (χ2n) is 6.17. The molecule has 2 aromatic rings. The first-order valence-corrected chi connectivity index (χ1v) is 9.28. The standard InChI is InChI=1S/C19H20N2O3S/c22-19(13-14-9-11-15(12-10-14)21(23)24)20-17-7-3-4-8-18(17)25-16-5-1-2-6-16/h3-4,7-12,16H,1-2,5-6,13H2,(H,20,22). The van der Waals surface area contributed by atoms with Gasteiger partial charge in [0.05, 0.1) is 17.0 Å². The summed E-state index contributed by atoms with van der Waals surface area (Å²) in [4.78, 5) is 23.7. The fourth-order valence-electron chi connectivity index (χ4n) is 2.97. The normalized spacial score (nSPS) is 14.4. The molecule has 1 saturated carbocycles. The molecule has 0 atom stereocenters. The van der Waals surface area contributed by atoms with Gasteiger partial charge in [0.2, 0.25) is 5.91 Å². The molecule has 2 aromatic carbocycles. The van der Waals surface area contributed by atoms with Crippen LogP contribution in [0, 0.1) is 10.1 Å². The Kier molecular flexibility index (Phi) is 5.71. The molecule has 1 amide bonds. The SMILES string of the molecule is O=C(Cc1ccc([N+](=O)[O-])cc1)Nc1ccccc1SC1CCCC1. The van der Waals surface area contributed by atoms with E-state index in [9.17, 15) is 14.9 Å². The van der Waals surface area contributed by atoms with Crippen LogP contribution in [0.2, 0.25) is 0 Å². The predicted molar refractivity (Wildman–Crippen MR) is 100.0 cm³/mol. The first-order chi connectivity index (χ1) is 12.1. The molecule has 1 aliphatic carbocycles. The average molecular weight is 356 g/mol. The number of hydrogen-bond donors (Lipinski definition) is 1. The Labute approximate surface area is 151 Å². The number of nitrogens with zero attached hydrogens (tertiary/aromatic N) is 1. The number of non-ortho nitro benzene ring substituents is 1. The van der Waals surface area contributed by atoms with Gasteiger partial charge in [-0.2, -0.15) is 0 Å². The third kappa shape index (κ3) is 4.82. The first-order valence-electron chi connectivity index (χ1n) is 8.41. The van der Waals surface area contributed by atoms with E-state index in [1.54, 1.807) is 12.1 Å². The van der Waals surface area contributed by atoms with Crippen LogP contribution >= 0.6 is 11.8 Å². The maximum atomic E-state index is 12.3. The fraction of sp³-hybridized carbons (Fsp3) is 0.316. The number of rotatable bonds is 6. The number of hydrogen-bond acceptors (Lipinski definition) is 4. The second-order valence-corrected chi connectivity index (χ2v) is 7.51. The smallest absolute Gasteiger partial charge is 0.269 e. The van der Waals surface area contributed by atoms with Crippen LogP contribution in [-0.4, -0.2) is 16.1 Å². The molecule has 0 unspecified atom stereocenters. The molecule has 0 radical (unpaired) electrons. The molecule has 0 spiro atoms. The summed E-state index contributed by atoms with van der Waals surface area (Å²) >= 11 is 1.84. The van der Waals surface area contributed by atoms with E-state index in [2.05, 4.69) is 5.32 Å². The maximum Gasteiger partial charge on any atom is 0.269 e. The molecule has 0 heterocycles. The molecule has 0 saturated heterocycles. The highest BCUT2D eigenvalue weighted by Gasteiger charge is 2.18. The largest absolute Gasteiger partial charge is 0.325 e. The van der Waals surface area contributed by atoms with E-state index in [4.69, 9.17) is 0 Å². The molecule has 6 heteroatoms. The number of para-hydroxylation sites is 1. The van der Waals surface area contributed by atoms with E-state index < -0.39 is 4.92 Å². The Morgan fingerprint density at radius 1 is 1.12 bits per heavy atom. The molecule has 1 N–H and O–H groups in total. The second kappa shape index (κ2) is 8.16. The number of thioether (sulfide) groups is 1. The van der Waals surface area contributed by atoms with Crippen molar-refractivity contribution in [3.63, 3.8) is 0 Å². The van der Waals surface area contributed by atoms with Crippen LogP contribution in [0.15, 0.2) is 53.4 Å². The van der Waals surface area contributed by atoms with Gasteiger partial charge in [-0.25, -0.2) is 0 Å². The Morgan fingerprint density at radius 2 is 1.80 bits per heavy atom. The minimum absolute atomic E-state index is 0.0301. The zero-order valence-corrected chi connectivity index (χ0v) is 14.6. The summed E-state index contributed by atoms with van der Waals surface area (Å²) in [7, 11) is 0. The molecule has 1 fully saturated rings. The highest BCUT2D eigenvalue weighted by atomic mass is 32.2. The zero-order chi connectivity index (χ0) is 17.6. The maximum absolute atomic E-state index is 12.3. The van der Waals surface area contributed by atoms with Crippen LogP contribution in [0.25, 0.3) is 0 Å². The first kappa shape index (κ1) is 17.5. The van der Waals surface area contributed by atoms with Crippen LogP contribution < -0.4 is 5.32 Å². The van der Waals surface area contributed by atoms with E-state index in [1.807, 2.05) is 36.0 Å². The van der Waals surface area contributed by atoms with Gasteiger partial charge in [0.1, 0.15) is 0 Å². The van der Waals surface area contributed by atoms with E-state index in [-0.39, 0.29) is 18.0 Å². The van der Waals surface area contributed by atoms with E-state index >= 15 is 0 Å². The molecule has 5 nitrogen and oxygen atoms in total. The van der Waals surface area contributed by atoms with Crippen LogP contribution in [0.3, 0.4) is 0 Å². The summed E-state index contributed by atoms with van der Waals surface area (Å²) < 4.78 is 0. The van der Waals surface area contributed by atoms with Crippen LogP contribution in [0.5, 0.6) is 0 Å². The number of anilines is 1. The van der Waals surface area contributed by atoms with Gasteiger partial charge in [0.15, 0.2) is 0 Å². The third-order valence-electron chi connectivity index (χ3n) is 4.27.